The molecule has 0 aliphatic heterocycles. The van der Waals surface area contributed by atoms with E-state index in [1.807, 2.05) is 36.4 Å². The van der Waals surface area contributed by atoms with Gasteiger partial charge in [-0.2, -0.15) is 0 Å². The van der Waals surface area contributed by atoms with Crippen molar-refractivity contribution < 1.29 is 9.18 Å². The molecule has 0 aliphatic carbocycles. The van der Waals surface area contributed by atoms with Crippen LogP contribution in [0.1, 0.15) is 27.4 Å². The van der Waals surface area contributed by atoms with Crippen molar-refractivity contribution >= 4 is 17.5 Å². The number of nitrogens with two attached hydrogens (primary N) is 2. The molecule has 0 saturated heterocycles. The SMILES string of the molecule is NCC(c1ccccc1)c1ccc(Cl)c(-c2c(F)cccc2C(N)=O)c1. The van der Waals surface area contributed by atoms with Crippen molar-refractivity contribution in [1.29, 1.82) is 0 Å². The molecule has 0 aromatic heterocycles. The lowest BCUT2D eigenvalue weighted by molar-refractivity contribution is 0.100. The molecule has 3 rings (SSSR count). The van der Waals surface area contributed by atoms with Crippen LogP contribution in [0.25, 0.3) is 11.1 Å². The lowest BCUT2D eigenvalue weighted by Crippen LogP contribution is -2.15. The highest BCUT2D eigenvalue weighted by Gasteiger charge is 2.20. The van der Waals surface area contributed by atoms with Crippen molar-refractivity contribution in [2.45, 2.75) is 5.92 Å². The molecule has 3 aromatic carbocycles. The van der Waals surface area contributed by atoms with E-state index in [2.05, 4.69) is 0 Å². The lowest BCUT2D eigenvalue weighted by atomic mass is 9.88. The smallest absolute Gasteiger partial charge is 0.249 e. The molecule has 3 nitrogen and oxygen atoms in total. The summed E-state index contributed by atoms with van der Waals surface area (Å²) in [5.74, 6) is -1.33. The largest absolute Gasteiger partial charge is 0.366 e. The highest BCUT2D eigenvalue weighted by Crippen LogP contribution is 2.36. The van der Waals surface area contributed by atoms with E-state index in [4.69, 9.17) is 23.1 Å². The fraction of sp³-hybridized carbons (Fsp3) is 0.0952. The van der Waals surface area contributed by atoms with Crippen LogP contribution in [0.5, 0.6) is 0 Å². The zero-order valence-electron chi connectivity index (χ0n) is 14.0. The number of rotatable bonds is 5. The van der Waals surface area contributed by atoms with Crippen molar-refractivity contribution in [3.63, 3.8) is 0 Å². The average Bonchev–Trinajstić information content (AvgIpc) is 2.64. The molecule has 3 aromatic rings. The Morgan fingerprint density at radius 3 is 2.38 bits per heavy atom. The first-order chi connectivity index (χ1) is 12.5. The molecule has 1 unspecified atom stereocenters. The van der Waals surface area contributed by atoms with Gasteiger partial charge in [-0.25, -0.2) is 4.39 Å². The van der Waals surface area contributed by atoms with Gasteiger partial charge in [-0.05, 0) is 35.4 Å². The average molecular weight is 369 g/mol. The molecular weight excluding hydrogens is 351 g/mol. The normalized spacial score (nSPS) is 12.0. The zero-order valence-corrected chi connectivity index (χ0v) is 14.7. The van der Waals surface area contributed by atoms with Crippen molar-refractivity contribution in [2.75, 3.05) is 6.54 Å². The van der Waals surface area contributed by atoms with Crippen molar-refractivity contribution in [2.24, 2.45) is 11.5 Å². The summed E-state index contributed by atoms with van der Waals surface area (Å²) in [5, 5.41) is 0.338. The van der Waals surface area contributed by atoms with Crippen molar-refractivity contribution in [1.82, 2.24) is 0 Å². The van der Waals surface area contributed by atoms with Crippen LogP contribution in [0, 0.1) is 5.82 Å². The van der Waals surface area contributed by atoms with Crippen LogP contribution in [0.4, 0.5) is 4.39 Å². The summed E-state index contributed by atoms with van der Waals surface area (Å²) in [5.41, 5.74) is 14.0. The molecule has 0 fully saturated rings. The van der Waals surface area contributed by atoms with Gasteiger partial charge < -0.3 is 11.5 Å². The molecule has 0 heterocycles. The Hall–Kier alpha value is -2.69. The van der Waals surface area contributed by atoms with Crippen molar-refractivity contribution in [3.8, 4) is 11.1 Å². The number of hydrogen-bond acceptors (Lipinski definition) is 2. The minimum absolute atomic E-state index is 0.0731. The minimum atomic E-state index is -0.709. The highest BCUT2D eigenvalue weighted by atomic mass is 35.5. The summed E-state index contributed by atoms with van der Waals surface area (Å²) < 4.78 is 14.5. The summed E-state index contributed by atoms with van der Waals surface area (Å²) in [6.07, 6.45) is 0. The van der Waals surface area contributed by atoms with Gasteiger partial charge in [0.05, 0.1) is 0 Å². The molecule has 26 heavy (non-hydrogen) atoms. The number of carbonyl (C=O) groups excluding carboxylic acids is 1. The van der Waals surface area contributed by atoms with Gasteiger partial charge in [-0.3, -0.25) is 4.79 Å². The Balaban J connectivity index is 2.17. The van der Waals surface area contributed by atoms with Crippen LogP contribution in [0.15, 0.2) is 66.7 Å². The Bertz CT molecular complexity index is 944. The van der Waals surface area contributed by atoms with Crippen LogP contribution >= 0.6 is 11.6 Å². The van der Waals surface area contributed by atoms with Crippen LogP contribution in [0.2, 0.25) is 5.02 Å². The van der Waals surface area contributed by atoms with E-state index in [9.17, 15) is 9.18 Å². The number of halogens is 2. The predicted octanol–water partition coefficient (Wildman–Crippen LogP) is 4.34. The maximum atomic E-state index is 14.5. The summed E-state index contributed by atoms with van der Waals surface area (Å²) >= 11 is 6.32. The molecule has 1 atom stereocenters. The number of primary amides is 1. The first-order valence-corrected chi connectivity index (χ1v) is 8.54. The quantitative estimate of drug-likeness (QED) is 0.703. The maximum Gasteiger partial charge on any atom is 0.249 e. The van der Waals surface area contributed by atoms with Gasteiger partial charge >= 0.3 is 0 Å². The van der Waals surface area contributed by atoms with Crippen LogP contribution in [-0.2, 0) is 0 Å². The van der Waals surface area contributed by atoms with Crippen molar-refractivity contribution in [3.05, 3.63) is 94.3 Å². The van der Waals surface area contributed by atoms with Crippen LogP contribution in [0.3, 0.4) is 0 Å². The number of benzene rings is 3. The monoisotopic (exact) mass is 368 g/mol. The molecule has 5 heteroatoms. The van der Waals surface area contributed by atoms with Gasteiger partial charge in [0.1, 0.15) is 5.82 Å². The lowest BCUT2D eigenvalue weighted by Gasteiger charge is -2.18. The van der Waals surface area contributed by atoms with E-state index >= 15 is 0 Å². The summed E-state index contributed by atoms with van der Waals surface area (Å²) in [6.45, 7) is 0.380. The fourth-order valence-electron chi connectivity index (χ4n) is 3.10. The van der Waals surface area contributed by atoms with E-state index in [0.29, 0.717) is 17.1 Å². The molecule has 0 radical (unpaired) electrons. The van der Waals surface area contributed by atoms with Gasteiger partial charge in [0.25, 0.3) is 0 Å². The third-order valence-electron chi connectivity index (χ3n) is 4.38. The first-order valence-electron chi connectivity index (χ1n) is 8.16. The van der Waals surface area contributed by atoms with Gasteiger partial charge in [0.15, 0.2) is 0 Å². The van der Waals surface area contributed by atoms with E-state index in [-0.39, 0.29) is 17.0 Å². The Kier molecular flexibility index (Phi) is 5.35. The Morgan fingerprint density at radius 2 is 1.73 bits per heavy atom. The molecule has 132 valence electrons. The van der Waals surface area contributed by atoms with E-state index in [1.54, 1.807) is 12.1 Å². The second-order valence-electron chi connectivity index (χ2n) is 5.96. The molecule has 0 bridgehead atoms. The molecule has 4 N–H and O–H groups in total. The standard InChI is InChI=1S/C21H18ClFN2O/c22-18-10-9-14(17(12-24)13-5-2-1-3-6-13)11-16(18)20-15(21(25)26)7-4-8-19(20)23/h1-11,17H,12,24H2,(H2,25,26). The first kappa shape index (κ1) is 18.1. The third-order valence-corrected chi connectivity index (χ3v) is 4.71. The molecule has 0 spiro atoms. The van der Waals surface area contributed by atoms with E-state index in [0.717, 1.165) is 11.1 Å². The molecule has 1 amide bonds. The molecule has 0 saturated carbocycles. The van der Waals surface area contributed by atoms with Gasteiger partial charge in [-0.1, -0.05) is 54.1 Å². The third kappa shape index (κ3) is 3.47. The number of hydrogen-bond donors (Lipinski definition) is 2. The second-order valence-corrected chi connectivity index (χ2v) is 6.37. The van der Waals surface area contributed by atoms with Gasteiger partial charge in [0.2, 0.25) is 5.91 Å². The maximum absolute atomic E-state index is 14.5. The second kappa shape index (κ2) is 7.68. The Labute approximate surface area is 156 Å². The Morgan fingerprint density at radius 1 is 1.00 bits per heavy atom. The van der Waals surface area contributed by atoms with E-state index in [1.165, 1.54) is 18.2 Å². The minimum Gasteiger partial charge on any atom is -0.366 e. The van der Waals surface area contributed by atoms with Crippen LogP contribution < -0.4 is 11.5 Å². The number of amides is 1. The van der Waals surface area contributed by atoms with Crippen LogP contribution in [-0.4, -0.2) is 12.5 Å². The highest BCUT2D eigenvalue weighted by molar-refractivity contribution is 6.33. The summed E-state index contributed by atoms with van der Waals surface area (Å²) in [4.78, 5) is 11.7. The summed E-state index contributed by atoms with van der Waals surface area (Å²) in [6, 6.07) is 19.3. The zero-order chi connectivity index (χ0) is 18.7. The molecule has 0 aliphatic rings. The number of carbonyl (C=O) groups is 1. The van der Waals surface area contributed by atoms with Gasteiger partial charge in [0, 0.05) is 34.2 Å². The summed E-state index contributed by atoms with van der Waals surface area (Å²) in [7, 11) is 0. The molecular formula is C21H18ClFN2O. The fourth-order valence-corrected chi connectivity index (χ4v) is 3.32. The van der Waals surface area contributed by atoms with Gasteiger partial charge in [-0.15, -0.1) is 0 Å². The van der Waals surface area contributed by atoms with E-state index < -0.39 is 11.7 Å². The predicted molar refractivity (Wildman–Crippen MR) is 103 cm³/mol. The topological polar surface area (TPSA) is 69.1 Å².